The molecule has 3 rings (SSSR count). The highest BCUT2D eigenvalue weighted by molar-refractivity contribution is 6.12. The number of hydrogen-bond acceptors (Lipinski definition) is 4. The van der Waals surface area contributed by atoms with Crippen LogP contribution in [-0.4, -0.2) is 30.6 Å². The number of allylic oxidation sites excluding steroid dienone is 1. The van der Waals surface area contributed by atoms with Gasteiger partial charge in [0.15, 0.2) is 11.5 Å². The Morgan fingerprint density at radius 3 is 2.30 bits per heavy atom. The average molecular weight is 365 g/mol. The highest BCUT2D eigenvalue weighted by Crippen LogP contribution is 2.33. The molecule has 27 heavy (non-hydrogen) atoms. The molecule has 0 unspecified atom stereocenters. The molecule has 0 spiro atoms. The molecule has 0 saturated heterocycles. The van der Waals surface area contributed by atoms with E-state index >= 15 is 0 Å². The summed E-state index contributed by atoms with van der Waals surface area (Å²) < 4.78 is 11.9. The molecule has 0 amide bonds. The van der Waals surface area contributed by atoms with Crippen LogP contribution in [0.3, 0.4) is 0 Å². The number of hydrogen-bond donors (Lipinski definition) is 1. The molecular formula is C23H27NO3. The number of fused-ring (bicyclic) bond motifs is 1. The first-order chi connectivity index (χ1) is 13.2. The Labute approximate surface area is 161 Å². The fraction of sp³-hybridized carbons (Fsp3) is 0.348. The predicted molar refractivity (Wildman–Crippen MR) is 110 cm³/mol. The van der Waals surface area contributed by atoms with E-state index in [4.69, 9.17) is 14.5 Å². The largest absolute Gasteiger partial charge is 0.508 e. The van der Waals surface area contributed by atoms with E-state index in [-0.39, 0.29) is 5.75 Å². The summed E-state index contributed by atoms with van der Waals surface area (Å²) in [6.07, 6.45) is 6.86. The molecule has 1 aliphatic rings. The average Bonchev–Trinajstić information content (AvgIpc) is 2.70. The molecule has 0 aliphatic carbocycles. The second kappa shape index (κ2) is 9.26. The van der Waals surface area contributed by atoms with Gasteiger partial charge in [0.25, 0.3) is 0 Å². The molecule has 1 heterocycles. The molecule has 0 aromatic heterocycles. The van der Waals surface area contributed by atoms with Gasteiger partial charge in [-0.3, -0.25) is 4.99 Å². The lowest BCUT2D eigenvalue weighted by Gasteiger charge is -2.20. The van der Waals surface area contributed by atoms with Gasteiger partial charge in [0, 0.05) is 12.1 Å². The van der Waals surface area contributed by atoms with Crippen LogP contribution in [0.2, 0.25) is 0 Å². The van der Waals surface area contributed by atoms with Gasteiger partial charge in [0.1, 0.15) is 5.75 Å². The molecule has 0 saturated carbocycles. The van der Waals surface area contributed by atoms with Crippen molar-refractivity contribution in [1.82, 2.24) is 0 Å². The van der Waals surface area contributed by atoms with Gasteiger partial charge in [-0.15, -0.1) is 0 Å². The predicted octanol–water partition coefficient (Wildman–Crippen LogP) is 5.03. The number of rotatable bonds is 8. The fourth-order valence-electron chi connectivity index (χ4n) is 2.98. The molecule has 2 aromatic carbocycles. The number of phenols is 1. The minimum absolute atomic E-state index is 0.268. The minimum Gasteiger partial charge on any atom is -0.508 e. The van der Waals surface area contributed by atoms with Gasteiger partial charge >= 0.3 is 0 Å². The van der Waals surface area contributed by atoms with Crippen molar-refractivity contribution in [2.45, 2.75) is 33.1 Å². The lowest BCUT2D eigenvalue weighted by atomic mass is 9.96. The normalized spacial score (nSPS) is 13.3. The van der Waals surface area contributed by atoms with Crippen LogP contribution in [0.5, 0.6) is 17.2 Å². The van der Waals surface area contributed by atoms with Crippen LogP contribution in [0.4, 0.5) is 0 Å². The van der Waals surface area contributed by atoms with E-state index in [1.165, 1.54) is 5.56 Å². The van der Waals surface area contributed by atoms with Gasteiger partial charge in [0.2, 0.25) is 0 Å². The highest BCUT2D eigenvalue weighted by atomic mass is 16.5. The first kappa shape index (κ1) is 19.0. The van der Waals surface area contributed by atoms with Crippen molar-refractivity contribution in [2.75, 3.05) is 19.8 Å². The zero-order valence-electron chi connectivity index (χ0n) is 16.1. The van der Waals surface area contributed by atoms with Crippen LogP contribution in [0.1, 0.15) is 43.4 Å². The van der Waals surface area contributed by atoms with Crippen molar-refractivity contribution < 1.29 is 14.6 Å². The number of ether oxygens (including phenoxy) is 2. The number of nitrogens with zero attached hydrogens (tertiary/aromatic N) is 1. The Bertz CT molecular complexity index is 822. The number of phenolic OH excluding ortho intramolecular Hbond substituents is 1. The van der Waals surface area contributed by atoms with Gasteiger partial charge in [-0.1, -0.05) is 32.1 Å². The van der Waals surface area contributed by atoms with E-state index in [9.17, 15) is 5.11 Å². The third-order valence-corrected chi connectivity index (χ3v) is 4.36. The van der Waals surface area contributed by atoms with E-state index in [0.717, 1.165) is 54.1 Å². The number of aromatic hydroxyl groups is 1. The van der Waals surface area contributed by atoms with Crippen LogP contribution in [0.25, 0.3) is 6.08 Å². The number of aliphatic imine (C=N–C) groups is 1. The van der Waals surface area contributed by atoms with Gasteiger partial charge in [-0.2, -0.15) is 0 Å². The van der Waals surface area contributed by atoms with E-state index in [1.807, 2.05) is 24.3 Å². The Balaban J connectivity index is 1.89. The van der Waals surface area contributed by atoms with Crippen LogP contribution in [-0.2, 0) is 6.42 Å². The zero-order valence-corrected chi connectivity index (χ0v) is 16.1. The topological polar surface area (TPSA) is 51.0 Å². The third kappa shape index (κ3) is 4.91. The number of benzene rings is 2. The Hall–Kier alpha value is -2.75. The van der Waals surface area contributed by atoms with E-state index in [2.05, 4.69) is 26.0 Å². The Kier molecular flexibility index (Phi) is 6.53. The van der Waals surface area contributed by atoms with Crippen molar-refractivity contribution >= 4 is 11.8 Å². The van der Waals surface area contributed by atoms with Crippen molar-refractivity contribution in [2.24, 2.45) is 4.99 Å². The highest BCUT2D eigenvalue weighted by Gasteiger charge is 2.17. The van der Waals surface area contributed by atoms with Crippen LogP contribution in [0, 0.1) is 0 Å². The van der Waals surface area contributed by atoms with E-state index in [1.54, 1.807) is 12.1 Å². The molecule has 2 aromatic rings. The molecule has 0 radical (unpaired) electrons. The summed E-state index contributed by atoms with van der Waals surface area (Å²) in [5.74, 6) is 1.88. The molecule has 1 N–H and O–H groups in total. The fourth-order valence-corrected chi connectivity index (χ4v) is 2.98. The Morgan fingerprint density at radius 1 is 0.963 bits per heavy atom. The third-order valence-electron chi connectivity index (χ3n) is 4.36. The summed E-state index contributed by atoms with van der Waals surface area (Å²) in [6.45, 7) is 6.31. The van der Waals surface area contributed by atoms with Gasteiger partial charge in [-0.25, -0.2) is 0 Å². The molecule has 4 heteroatoms. The molecule has 0 fully saturated rings. The van der Waals surface area contributed by atoms with Crippen molar-refractivity contribution in [3.8, 4) is 17.2 Å². The summed E-state index contributed by atoms with van der Waals surface area (Å²) in [4.78, 5) is 4.70. The van der Waals surface area contributed by atoms with Crippen molar-refractivity contribution in [3.63, 3.8) is 0 Å². The van der Waals surface area contributed by atoms with Gasteiger partial charge < -0.3 is 14.6 Å². The van der Waals surface area contributed by atoms with E-state index in [0.29, 0.717) is 13.2 Å². The molecule has 0 atom stereocenters. The first-order valence-electron chi connectivity index (χ1n) is 9.65. The Morgan fingerprint density at radius 2 is 1.63 bits per heavy atom. The molecule has 0 bridgehead atoms. The second-order valence-corrected chi connectivity index (χ2v) is 6.59. The summed E-state index contributed by atoms with van der Waals surface area (Å²) in [7, 11) is 0. The maximum absolute atomic E-state index is 9.42. The van der Waals surface area contributed by atoms with Crippen LogP contribution < -0.4 is 9.47 Å². The van der Waals surface area contributed by atoms with Crippen molar-refractivity contribution in [3.05, 3.63) is 59.2 Å². The van der Waals surface area contributed by atoms with Gasteiger partial charge in [-0.05, 0) is 60.7 Å². The van der Waals surface area contributed by atoms with E-state index < -0.39 is 0 Å². The first-order valence-corrected chi connectivity index (χ1v) is 9.65. The standard InChI is InChI=1S/C23H27NO3/c1-3-13-26-22-15-18-11-12-24-21(20(18)16-23(22)27-14-4-2)10-7-17-5-8-19(25)9-6-17/h5-10,15-16,25H,3-4,11-14H2,1-2H3. The molecular weight excluding hydrogens is 338 g/mol. The SMILES string of the molecule is CCCOc1cc2c(cc1OCCC)C(C=Cc1ccc(O)cc1)=NCC2. The summed E-state index contributed by atoms with van der Waals surface area (Å²) >= 11 is 0. The zero-order chi connectivity index (χ0) is 19.1. The molecule has 1 aliphatic heterocycles. The summed E-state index contributed by atoms with van der Waals surface area (Å²) in [5, 5.41) is 9.42. The van der Waals surface area contributed by atoms with Crippen molar-refractivity contribution in [1.29, 1.82) is 0 Å². The van der Waals surface area contributed by atoms with Crippen LogP contribution >= 0.6 is 0 Å². The summed E-state index contributed by atoms with van der Waals surface area (Å²) in [5.41, 5.74) is 4.32. The minimum atomic E-state index is 0.268. The lowest BCUT2D eigenvalue weighted by Crippen LogP contribution is -2.12. The maximum atomic E-state index is 9.42. The quantitative estimate of drug-likeness (QED) is 0.714. The monoisotopic (exact) mass is 365 g/mol. The smallest absolute Gasteiger partial charge is 0.161 e. The van der Waals surface area contributed by atoms with Gasteiger partial charge in [0.05, 0.1) is 18.9 Å². The van der Waals surface area contributed by atoms with Crippen LogP contribution in [0.15, 0.2) is 47.5 Å². The lowest BCUT2D eigenvalue weighted by molar-refractivity contribution is 0.268. The molecule has 4 nitrogen and oxygen atoms in total. The maximum Gasteiger partial charge on any atom is 0.161 e. The second-order valence-electron chi connectivity index (χ2n) is 6.59. The summed E-state index contributed by atoms with van der Waals surface area (Å²) in [6, 6.07) is 11.3. The molecule has 142 valence electrons.